The molecule has 1 aliphatic heterocycles. The van der Waals surface area contributed by atoms with E-state index >= 15 is 0 Å². The highest BCUT2D eigenvalue weighted by atomic mass is 35.5. The smallest absolute Gasteiger partial charge is 0.225 e. The second-order valence-corrected chi connectivity index (χ2v) is 9.59. The Kier molecular flexibility index (Phi) is 7.92. The molecule has 1 saturated carbocycles. The van der Waals surface area contributed by atoms with E-state index < -0.39 is 9.84 Å². The number of anilines is 1. The van der Waals surface area contributed by atoms with Gasteiger partial charge in [0.2, 0.25) is 5.91 Å². The van der Waals surface area contributed by atoms with Crippen LogP contribution in [-0.4, -0.2) is 32.2 Å². The second-order valence-electron chi connectivity index (χ2n) is 7.31. The highest BCUT2D eigenvalue weighted by Crippen LogP contribution is 2.26. The van der Waals surface area contributed by atoms with Crippen molar-refractivity contribution in [1.29, 1.82) is 0 Å². The maximum Gasteiger partial charge on any atom is 0.225 e. The third-order valence-corrected chi connectivity index (χ3v) is 7.46. The Balaban J connectivity index is 0.00000243. The minimum atomic E-state index is -3.12. The molecule has 1 amide bonds. The molecular weight excluding hydrogens is 372 g/mol. The largest absolute Gasteiger partial charge is 0.326 e. The van der Waals surface area contributed by atoms with Gasteiger partial charge in [-0.15, -0.1) is 12.4 Å². The van der Waals surface area contributed by atoms with Gasteiger partial charge in [-0.3, -0.25) is 4.79 Å². The first kappa shape index (κ1) is 21.2. The number of hydrogen-bond donors (Lipinski definition) is 2. The SMILES string of the molecule is Cl.O=C(CC1CCCN1)Nc1cccc(CS(=O)(=O)C2CCCCC2)c1. The summed E-state index contributed by atoms with van der Waals surface area (Å²) in [6.45, 7) is 0.979. The number of sulfone groups is 1. The lowest BCUT2D eigenvalue weighted by Gasteiger charge is -2.21. The van der Waals surface area contributed by atoms with Crippen molar-refractivity contribution in [1.82, 2.24) is 5.32 Å². The predicted molar refractivity (Wildman–Crippen MR) is 107 cm³/mol. The number of hydrogen-bond acceptors (Lipinski definition) is 4. The van der Waals surface area contributed by atoms with Crippen molar-refractivity contribution in [2.75, 3.05) is 11.9 Å². The van der Waals surface area contributed by atoms with Crippen molar-refractivity contribution in [3.8, 4) is 0 Å². The highest BCUT2D eigenvalue weighted by molar-refractivity contribution is 7.91. The molecule has 1 saturated heterocycles. The first-order chi connectivity index (χ1) is 12.0. The van der Waals surface area contributed by atoms with Crippen LogP contribution in [-0.2, 0) is 20.4 Å². The van der Waals surface area contributed by atoms with Gasteiger partial charge >= 0.3 is 0 Å². The van der Waals surface area contributed by atoms with Crippen molar-refractivity contribution in [3.63, 3.8) is 0 Å². The lowest BCUT2D eigenvalue weighted by atomic mass is 10.0. The van der Waals surface area contributed by atoms with E-state index in [2.05, 4.69) is 10.6 Å². The highest BCUT2D eigenvalue weighted by Gasteiger charge is 2.27. The topological polar surface area (TPSA) is 75.3 Å². The summed E-state index contributed by atoms with van der Waals surface area (Å²) in [4.78, 5) is 12.1. The third-order valence-electron chi connectivity index (χ3n) is 5.23. The lowest BCUT2D eigenvalue weighted by Crippen LogP contribution is -2.27. The van der Waals surface area contributed by atoms with Gasteiger partial charge in [0, 0.05) is 18.2 Å². The second kappa shape index (κ2) is 9.72. The van der Waals surface area contributed by atoms with Gasteiger partial charge in [-0.25, -0.2) is 8.42 Å². The van der Waals surface area contributed by atoms with E-state index in [1.54, 1.807) is 6.07 Å². The zero-order valence-corrected chi connectivity index (χ0v) is 16.7. The number of halogens is 1. The fourth-order valence-corrected chi connectivity index (χ4v) is 5.81. The first-order valence-corrected chi connectivity index (χ1v) is 11.1. The van der Waals surface area contributed by atoms with Gasteiger partial charge in [0.1, 0.15) is 0 Å². The molecule has 2 aliphatic rings. The minimum absolute atomic E-state index is 0. The molecule has 26 heavy (non-hydrogen) atoms. The van der Waals surface area contributed by atoms with Gasteiger partial charge in [0.15, 0.2) is 9.84 Å². The number of amides is 1. The van der Waals surface area contributed by atoms with E-state index in [-0.39, 0.29) is 35.4 Å². The van der Waals surface area contributed by atoms with Crippen molar-refractivity contribution >= 4 is 33.8 Å². The van der Waals surface area contributed by atoms with Crippen LogP contribution in [0.1, 0.15) is 56.9 Å². The molecule has 2 N–H and O–H groups in total. The van der Waals surface area contributed by atoms with Gasteiger partial charge in [-0.2, -0.15) is 0 Å². The van der Waals surface area contributed by atoms with Gasteiger partial charge < -0.3 is 10.6 Å². The zero-order valence-electron chi connectivity index (χ0n) is 15.1. The van der Waals surface area contributed by atoms with E-state index in [0.29, 0.717) is 12.1 Å². The molecule has 146 valence electrons. The molecule has 2 fully saturated rings. The van der Waals surface area contributed by atoms with Crippen LogP contribution in [0, 0.1) is 0 Å². The number of carbonyl (C=O) groups excluding carboxylic acids is 1. The number of rotatable bonds is 6. The van der Waals surface area contributed by atoms with Crippen LogP contribution in [0.2, 0.25) is 0 Å². The molecule has 1 aromatic rings. The first-order valence-electron chi connectivity index (χ1n) is 9.37. The van der Waals surface area contributed by atoms with Crippen LogP contribution in [0.5, 0.6) is 0 Å². The number of carbonyl (C=O) groups is 1. The molecule has 1 aliphatic carbocycles. The van der Waals surface area contributed by atoms with Crippen LogP contribution in [0.15, 0.2) is 24.3 Å². The average Bonchev–Trinajstić information content (AvgIpc) is 3.08. The Bertz CT molecular complexity index is 696. The quantitative estimate of drug-likeness (QED) is 0.766. The van der Waals surface area contributed by atoms with Crippen LogP contribution < -0.4 is 10.6 Å². The fourth-order valence-electron chi connectivity index (χ4n) is 3.88. The molecule has 1 atom stereocenters. The van der Waals surface area contributed by atoms with Gasteiger partial charge in [0.05, 0.1) is 11.0 Å². The summed E-state index contributed by atoms with van der Waals surface area (Å²) in [5.41, 5.74) is 1.43. The Morgan fingerprint density at radius 2 is 1.88 bits per heavy atom. The Morgan fingerprint density at radius 1 is 1.12 bits per heavy atom. The molecule has 5 nitrogen and oxygen atoms in total. The predicted octanol–water partition coefficient (Wildman–Crippen LogP) is 3.44. The van der Waals surface area contributed by atoms with Crippen molar-refractivity contribution in [2.45, 2.75) is 68.4 Å². The molecule has 0 aromatic heterocycles. The van der Waals surface area contributed by atoms with Crippen LogP contribution in [0.3, 0.4) is 0 Å². The average molecular weight is 401 g/mol. The molecule has 3 rings (SSSR count). The summed E-state index contributed by atoms with van der Waals surface area (Å²) in [6.07, 6.45) is 7.35. The monoisotopic (exact) mass is 400 g/mol. The molecule has 1 aromatic carbocycles. The standard InChI is InChI=1S/C19H28N2O3S.ClH/c22-19(13-16-8-5-11-20-16)21-17-7-4-6-15(12-17)14-25(23,24)18-9-2-1-3-10-18;/h4,6-7,12,16,18,20H,1-3,5,8-11,13-14H2,(H,21,22);1H. The fraction of sp³-hybridized carbons (Fsp3) is 0.632. The zero-order chi connectivity index (χ0) is 17.7. The summed E-state index contributed by atoms with van der Waals surface area (Å²) in [7, 11) is -3.12. The van der Waals surface area contributed by atoms with Crippen molar-refractivity contribution < 1.29 is 13.2 Å². The van der Waals surface area contributed by atoms with E-state index in [0.717, 1.165) is 57.1 Å². The summed E-state index contributed by atoms with van der Waals surface area (Å²) >= 11 is 0. The van der Waals surface area contributed by atoms with E-state index in [1.807, 2.05) is 18.2 Å². The van der Waals surface area contributed by atoms with Gasteiger partial charge in [0.25, 0.3) is 0 Å². The molecule has 0 radical (unpaired) electrons. The maximum atomic E-state index is 12.6. The molecule has 0 spiro atoms. The lowest BCUT2D eigenvalue weighted by molar-refractivity contribution is -0.116. The Labute approximate surface area is 162 Å². The van der Waals surface area contributed by atoms with Crippen molar-refractivity contribution in [3.05, 3.63) is 29.8 Å². The maximum absolute atomic E-state index is 12.6. The normalized spacial score (nSPS) is 21.2. The minimum Gasteiger partial charge on any atom is -0.326 e. The summed E-state index contributed by atoms with van der Waals surface area (Å²) in [5.74, 6) is 0.0395. The Morgan fingerprint density at radius 3 is 2.58 bits per heavy atom. The van der Waals surface area contributed by atoms with Gasteiger partial charge in [-0.05, 0) is 49.9 Å². The summed E-state index contributed by atoms with van der Waals surface area (Å²) < 4.78 is 25.2. The van der Waals surface area contributed by atoms with Crippen molar-refractivity contribution in [2.24, 2.45) is 0 Å². The number of nitrogens with one attached hydrogen (secondary N) is 2. The van der Waals surface area contributed by atoms with Crippen LogP contribution >= 0.6 is 12.4 Å². The molecule has 1 unspecified atom stereocenters. The molecule has 1 heterocycles. The van der Waals surface area contributed by atoms with Gasteiger partial charge in [-0.1, -0.05) is 31.4 Å². The summed E-state index contributed by atoms with van der Waals surface area (Å²) in [5, 5.41) is 6.01. The van der Waals surface area contributed by atoms with E-state index in [9.17, 15) is 13.2 Å². The molecule has 7 heteroatoms. The molecular formula is C19H29ClN2O3S. The number of benzene rings is 1. The van der Waals surface area contributed by atoms with E-state index in [1.165, 1.54) is 0 Å². The third kappa shape index (κ3) is 5.96. The molecule has 0 bridgehead atoms. The summed E-state index contributed by atoms with van der Waals surface area (Å²) in [6, 6.07) is 7.51. The van der Waals surface area contributed by atoms with Crippen LogP contribution in [0.25, 0.3) is 0 Å². The van der Waals surface area contributed by atoms with E-state index in [4.69, 9.17) is 0 Å². The Hall–Kier alpha value is -1.11. The van der Waals surface area contributed by atoms with Crippen LogP contribution in [0.4, 0.5) is 5.69 Å².